The molecule has 7 heteroatoms. The largest absolute Gasteiger partial charge is 0.416 e. The van der Waals surface area contributed by atoms with Crippen LogP contribution < -0.4 is 5.73 Å². The van der Waals surface area contributed by atoms with Gasteiger partial charge in [-0.25, -0.2) is 0 Å². The first-order valence-electron chi connectivity index (χ1n) is 6.82. The molecular formula is C15H17ClF3NOS. The number of aliphatic hydroxyl groups excluding tert-OH is 1. The maximum atomic E-state index is 12.7. The molecule has 2 nitrogen and oxygen atoms in total. The van der Waals surface area contributed by atoms with E-state index in [1.165, 1.54) is 6.07 Å². The molecule has 122 valence electrons. The van der Waals surface area contributed by atoms with Crippen LogP contribution in [0.3, 0.4) is 0 Å². The van der Waals surface area contributed by atoms with Gasteiger partial charge in [0.1, 0.15) is 0 Å². The Balaban J connectivity index is 2.22. The Labute approximate surface area is 135 Å². The Hall–Kier alpha value is -0.820. The number of hydrogen-bond donors (Lipinski definition) is 2. The predicted molar refractivity (Wildman–Crippen MR) is 84.5 cm³/mol. The Bertz CT molecular complexity index is 667. The summed E-state index contributed by atoms with van der Waals surface area (Å²) in [4.78, 5) is 0. The highest BCUT2D eigenvalue weighted by molar-refractivity contribution is 7.22. The van der Waals surface area contributed by atoms with E-state index in [1.54, 1.807) is 6.92 Å². The lowest BCUT2D eigenvalue weighted by Crippen LogP contribution is -2.40. The van der Waals surface area contributed by atoms with Gasteiger partial charge < -0.3 is 10.8 Å². The van der Waals surface area contributed by atoms with Crippen LogP contribution in [-0.4, -0.2) is 17.3 Å². The van der Waals surface area contributed by atoms with E-state index in [0.29, 0.717) is 28.3 Å². The first kappa shape index (κ1) is 17.5. The molecule has 0 unspecified atom stereocenters. The summed E-state index contributed by atoms with van der Waals surface area (Å²) in [5, 5.41) is 9.88. The van der Waals surface area contributed by atoms with E-state index >= 15 is 0 Å². The summed E-state index contributed by atoms with van der Waals surface area (Å²) < 4.78 is 39.2. The first-order chi connectivity index (χ1) is 10.1. The predicted octanol–water partition coefficient (Wildman–Crippen LogP) is 4.61. The summed E-state index contributed by atoms with van der Waals surface area (Å²) in [5.74, 6) is 0. The molecule has 1 atom stereocenters. The summed E-state index contributed by atoms with van der Waals surface area (Å²) in [7, 11) is 0. The van der Waals surface area contributed by atoms with E-state index in [0.717, 1.165) is 34.4 Å². The monoisotopic (exact) mass is 351 g/mol. The van der Waals surface area contributed by atoms with Crippen molar-refractivity contribution >= 4 is 33.0 Å². The highest BCUT2D eigenvalue weighted by Gasteiger charge is 2.31. The minimum Gasteiger partial charge on any atom is -0.394 e. The SMILES string of the molecule is C[C@](N)(CO)CCCc1c(Cl)sc2cc(C(F)(F)F)ccc12. The normalized spacial score (nSPS) is 15.2. The third kappa shape index (κ3) is 3.93. The third-order valence-corrected chi connectivity index (χ3v) is 5.05. The van der Waals surface area contributed by atoms with Gasteiger partial charge in [-0.15, -0.1) is 11.3 Å². The van der Waals surface area contributed by atoms with Crippen molar-refractivity contribution < 1.29 is 18.3 Å². The van der Waals surface area contributed by atoms with Crippen molar-refractivity contribution in [3.05, 3.63) is 33.7 Å². The van der Waals surface area contributed by atoms with Crippen LogP contribution in [0.1, 0.15) is 30.9 Å². The first-order valence-corrected chi connectivity index (χ1v) is 8.01. The van der Waals surface area contributed by atoms with Gasteiger partial charge in [-0.3, -0.25) is 0 Å². The number of nitrogens with two attached hydrogens (primary N) is 1. The van der Waals surface area contributed by atoms with Crippen LogP contribution in [0.4, 0.5) is 13.2 Å². The van der Waals surface area contributed by atoms with Crippen LogP contribution in [0.2, 0.25) is 4.34 Å². The van der Waals surface area contributed by atoms with Crippen LogP contribution in [0.5, 0.6) is 0 Å². The molecule has 2 aromatic rings. The number of rotatable bonds is 5. The zero-order valence-electron chi connectivity index (χ0n) is 12.0. The summed E-state index contributed by atoms with van der Waals surface area (Å²) in [6.45, 7) is 1.65. The molecule has 0 aliphatic heterocycles. The molecule has 0 amide bonds. The lowest BCUT2D eigenvalue weighted by Gasteiger charge is -2.21. The molecule has 0 saturated heterocycles. The van der Waals surface area contributed by atoms with Gasteiger partial charge in [-0.1, -0.05) is 17.7 Å². The van der Waals surface area contributed by atoms with E-state index < -0.39 is 17.3 Å². The van der Waals surface area contributed by atoms with Gasteiger partial charge in [0.15, 0.2) is 0 Å². The van der Waals surface area contributed by atoms with Gasteiger partial charge in [-0.05, 0) is 49.3 Å². The van der Waals surface area contributed by atoms with Crippen LogP contribution in [0, 0.1) is 0 Å². The molecule has 0 bridgehead atoms. The minimum absolute atomic E-state index is 0.111. The lowest BCUT2D eigenvalue weighted by atomic mass is 9.95. The average Bonchev–Trinajstić information content (AvgIpc) is 2.73. The van der Waals surface area contributed by atoms with Crippen molar-refractivity contribution in [2.24, 2.45) is 5.73 Å². The fraction of sp³-hybridized carbons (Fsp3) is 0.467. The topological polar surface area (TPSA) is 46.2 Å². The van der Waals surface area contributed by atoms with Gasteiger partial charge in [0.05, 0.1) is 16.5 Å². The number of fused-ring (bicyclic) bond motifs is 1. The molecule has 0 aliphatic rings. The van der Waals surface area contributed by atoms with E-state index in [1.807, 2.05) is 0 Å². The van der Waals surface area contributed by atoms with Crippen molar-refractivity contribution in [3.63, 3.8) is 0 Å². The quantitative estimate of drug-likeness (QED) is 0.826. The van der Waals surface area contributed by atoms with Crippen LogP contribution >= 0.6 is 22.9 Å². The van der Waals surface area contributed by atoms with Crippen molar-refractivity contribution in [2.75, 3.05) is 6.61 Å². The Morgan fingerprint density at radius 2 is 2.00 bits per heavy atom. The van der Waals surface area contributed by atoms with Crippen LogP contribution in [-0.2, 0) is 12.6 Å². The molecule has 0 aliphatic carbocycles. The number of thiophene rings is 1. The smallest absolute Gasteiger partial charge is 0.394 e. The van der Waals surface area contributed by atoms with Gasteiger partial charge in [0.2, 0.25) is 0 Å². The number of aliphatic hydroxyl groups is 1. The molecule has 0 saturated carbocycles. The van der Waals surface area contributed by atoms with Crippen molar-refractivity contribution in [1.82, 2.24) is 0 Å². The van der Waals surface area contributed by atoms with Gasteiger partial charge in [0, 0.05) is 10.2 Å². The fourth-order valence-electron chi connectivity index (χ4n) is 2.28. The molecule has 0 spiro atoms. The number of alkyl halides is 3. The number of halogens is 4. The third-order valence-electron chi connectivity index (χ3n) is 3.61. The molecule has 1 aromatic heterocycles. The Morgan fingerprint density at radius 1 is 1.32 bits per heavy atom. The molecule has 1 heterocycles. The molecular weight excluding hydrogens is 335 g/mol. The minimum atomic E-state index is -4.35. The molecule has 22 heavy (non-hydrogen) atoms. The Kier molecular flexibility index (Phi) is 5.06. The van der Waals surface area contributed by atoms with E-state index in [4.69, 9.17) is 22.4 Å². The molecule has 2 rings (SSSR count). The zero-order chi connectivity index (χ0) is 16.5. The second-order valence-electron chi connectivity index (χ2n) is 5.73. The fourth-order valence-corrected chi connectivity index (χ4v) is 3.74. The second-order valence-corrected chi connectivity index (χ2v) is 7.38. The molecule has 0 fully saturated rings. The van der Waals surface area contributed by atoms with Gasteiger partial charge in [-0.2, -0.15) is 13.2 Å². The van der Waals surface area contributed by atoms with Crippen molar-refractivity contribution in [2.45, 2.75) is 37.9 Å². The van der Waals surface area contributed by atoms with Crippen molar-refractivity contribution in [3.8, 4) is 0 Å². The molecule has 0 radical (unpaired) electrons. The summed E-state index contributed by atoms with van der Waals surface area (Å²) in [6.07, 6.45) is -2.41. The molecule has 1 aromatic carbocycles. The summed E-state index contributed by atoms with van der Waals surface area (Å²) in [5.41, 5.74) is 5.40. The number of hydrogen-bond acceptors (Lipinski definition) is 3. The van der Waals surface area contributed by atoms with E-state index in [9.17, 15) is 13.2 Å². The highest BCUT2D eigenvalue weighted by Crippen LogP contribution is 2.39. The van der Waals surface area contributed by atoms with E-state index in [-0.39, 0.29) is 6.61 Å². The maximum Gasteiger partial charge on any atom is 0.416 e. The van der Waals surface area contributed by atoms with Gasteiger partial charge >= 0.3 is 6.18 Å². The molecule has 3 N–H and O–H groups in total. The Morgan fingerprint density at radius 3 is 2.59 bits per heavy atom. The number of benzene rings is 1. The van der Waals surface area contributed by atoms with E-state index in [2.05, 4.69) is 0 Å². The standard InChI is InChI=1S/C15H17ClF3NOS/c1-14(20,8-21)6-2-3-11-10-5-4-9(15(17,18)19)7-12(10)22-13(11)16/h4-5,7,21H,2-3,6,8,20H2,1H3/t14-/m1/s1. The van der Waals surface area contributed by atoms with Crippen LogP contribution in [0.25, 0.3) is 10.1 Å². The zero-order valence-corrected chi connectivity index (χ0v) is 13.6. The lowest BCUT2D eigenvalue weighted by molar-refractivity contribution is -0.137. The summed E-state index contributed by atoms with van der Waals surface area (Å²) >= 11 is 7.33. The summed E-state index contributed by atoms with van der Waals surface area (Å²) in [6, 6.07) is 3.69. The second kappa shape index (κ2) is 6.35. The van der Waals surface area contributed by atoms with Gasteiger partial charge in [0.25, 0.3) is 0 Å². The highest BCUT2D eigenvalue weighted by atomic mass is 35.5. The average molecular weight is 352 g/mol. The van der Waals surface area contributed by atoms with Crippen molar-refractivity contribution in [1.29, 1.82) is 0 Å². The number of aryl methyl sites for hydroxylation is 1. The van der Waals surface area contributed by atoms with Crippen LogP contribution in [0.15, 0.2) is 18.2 Å². The maximum absolute atomic E-state index is 12.7.